The van der Waals surface area contributed by atoms with Gasteiger partial charge in [-0.25, -0.2) is 18.1 Å². The number of ether oxygens (including phenoxy) is 1. The summed E-state index contributed by atoms with van der Waals surface area (Å²) in [5.74, 6) is -0.255. The Morgan fingerprint density at radius 2 is 1.68 bits per heavy atom. The van der Waals surface area contributed by atoms with Crippen LogP contribution in [0.5, 0.6) is 11.6 Å². The van der Waals surface area contributed by atoms with Gasteiger partial charge in [-0.2, -0.15) is 4.98 Å². The molecule has 0 bridgehead atoms. The van der Waals surface area contributed by atoms with Crippen LogP contribution in [0, 0.1) is 6.92 Å². The number of primary amides is 1. The zero-order valence-electron chi connectivity index (χ0n) is 18.1. The number of aromatic nitrogens is 2. The van der Waals surface area contributed by atoms with Gasteiger partial charge in [0.05, 0.1) is 10.6 Å². The van der Waals surface area contributed by atoms with E-state index in [1.165, 1.54) is 24.3 Å². The number of benzene rings is 3. The average Bonchev–Trinajstić information content (AvgIpc) is 2.79. The Balaban J connectivity index is 1.74. The summed E-state index contributed by atoms with van der Waals surface area (Å²) >= 11 is 0. The molecule has 0 aliphatic heterocycles. The number of nitrogen functional groups attached to an aromatic ring is 1. The van der Waals surface area contributed by atoms with Crippen LogP contribution in [0.2, 0.25) is 0 Å². The highest BCUT2D eigenvalue weighted by atomic mass is 32.2. The van der Waals surface area contributed by atoms with E-state index in [2.05, 4.69) is 14.7 Å². The predicted octanol–water partition coefficient (Wildman–Crippen LogP) is 3.73. The molecule has 4 aromatic rings. The molecule has 0 atom stereocenters. The molecular formula is C24H21N5O4S. The molecule has 0 saturated heterocycles. The van der Waals surface area contributed by atoms with Crippen LogP contribution in [0.1, 0.15) is 15.9 Å². The molecule has 1 amide bonds. The number of sulfonamides is 1. The monoisotopic (exact) mass is 475 g/mol. The van der Waals surface area contributed by atoms with Crippen molar-refractivity contribution in [3.63, 3.8) is 0 Å². The molecule has 0 aliphatic rings. The molecule has 3 aromatic carbocycles. The van der Waals surface area contributed by atoms with Gasteiger partial charge in [-0.3, -0.25) is 4.79 Å². The lowest BCUT2D eigenvalue weighted by atomic mass is 10.1. The predicted molar refractivity (Wildman–Crippen MR) is 129 cm³/mol. The van der Waals surface area contributed by atoms with Crippen molar-refractivity contribution in [3.8, 4) is 22.9 Å². The minimum atomic E-state index is -4.01. The largest absolute Gasteiger partial charge is 0.439 e. The third kappa shape index (κ3) is 5.13. The Morgan fingerprint density at radius 3 is 2.35 bits per heavy atom. The zero-order valence-corrected chi connectivity index (χ0v) is 18.9. The van der Waals surface area contributed by atoms with Crippen LogP contribution in [0.4, 0.5) is 11.6 Å². The van der Waals surface area contributed by atoms with Crippen molar-refractivity contribution in [2.75, 3.05) is 10.5 Å². The Labute approximate surface area is 196 Å². The van der Waals surface area contributed by atoms with E-state index in [4.69, 9.17) is 16.2 Å². The van der Waals surface area contributed by atoms with Gasteiger partial charge < -0.3 is 16.2 Å². The number of carbonyl (C=O) groups is 1. The van der Waals surface area contributed by atoms with Crippen LogP contribution in [0.15, 0.2) is 83.8 Å². The van der Waals surface area contributed by atoms with Crippen molar-refractivity contribution in [1.82, 2.24) is 9.97 Å². The number of nitrogens with two attached hydrogens (primary N) is 2. The Morgan fingerprint density at radius 1 is 0.941 bits per heavy atom. The summed E-state index contributed by atoms with van der Waals surface area (Å²) in [6, 6.07) is 21.2. The number of anilines is 2. The molecule has 0 fully saturated rings. The van der Waals surface area contributed by atoms with E-state index in [9.17, 15) is 13.2 Å². The van der Waals surface area contributed by atoms with Crippen LogP contribution >= 0.6 is 0 Å². The highest BCUT2D eigenvalue weighted by molar-refractivity contribution is 7.92. The average molecular weight is 476 g/mol. The van der Waals surface area contributed by atoms with Gasteiger partial charge in [-0.05, 0) is 55.0 Å². The minimum absolute atomic E-state index is 0.0260. The summed E-state index contributed by atoms with van der Waals surface area (Å²) in [5, 5.41) is 0. The molecule has 10 heteroatoms. The Bertz CT molecular complexity index is 1470. The molecule has 0 radical (unpaired) electrons. The maximum absolute atomic E-state index is 12.9. The molecule has 0 aliphatic carbocycles. The van der Waals surface area contributed by atoms with Gasteiger partial charge in [0.2, 0.25) is 17.7 Å². The summed E-state index contributed by atoms with van der Waals surface area (Å²) < 4.78 is 34.0. The summed E-state index contributed by atoms with van der Waals surface area (Å²) in [6.45, 7) is 1.91. The molecule has 0 unspecified atom stereocenters. The topological polar surface area (TPSA) is 150 Å². The van der Waals surface area contributed by atoms with E-state index in [0.717, 1.165) is 11.1 Å². The van der Waals surface area contributed by atoms with Crippen molar-refractivity contribution in [3.05, 3.63) is 90.0 Å². The lowest BCUT2D eigenvalue weighted by molar-refractivity contribution is 0.1000. The highest BCUT2D eigenvalue weighted by Crippen LogP contribution is 2.29. The minimum Gasteiger partial charge on any atom is -0.439 e. The normalized spacial score (nSPS) is 11.1. The van der Waals surface area contributed by atoms with E-state index in [0.29, 0.717) is 22.7 Å². The van der Waals surface area contributed by atoms with Gasteiger partial charge in [0.15, 0.2) is 0 Å². The van der Waals surface area contributed by atoms with Crippen LogP contribution in [-0.4, -0.2) is 24.3 Å². The Kier molecular flexibility index (Phi) is 6.15. The zero-order chi connectivity index (χ0) is 24.3. The van der Waals surface area contributed by atoms with Gasteiger partial charge in [0, 0.05) is 22.9 Å². The molecule has 1 aromatic heterocycles. The number of hydrogen-bond acceptors (Lipinski definition) is 7. The van der Waals surface area contributed by atoms with Crippen molar-refractivity contribution in [2.24, 2.45) is 5.73 Å². The Hall–Kier alpha value is -4.44. The molecule has 5 N–H and O–H groups in total. The van der Waals surface area contributed by atoms with Crippen LogP contribution < -0.4 is 20.9 Å². The van der Waals surface area contributed by atoms with Crippen molar-refractivity contribution in [1.29, 1.82) is 0 Å². The SMILES string of the molecule is Cc1ccccc1-c1cc(Oc2ccc(C(N)=O)cc2)nc(NS(=O)(=O)c2cccc(N)c2)n1. The van der Waals surface area contributed by atoms with E-state index < -0.39 is 15.9 Å². The maximum atomic E-state index is 12.9. The quantitative estimate of drug-likeness (QED) is 0.345. The summed E-state index contributed by atoms with van der Waals surface area (Å²) in [6.07, 6.45) is 0. The van der Waals surface area contributed by atoms with Crippen LogP contribution in [-0.2, 0) is 10.0 Å². The maximum Gasteiger partial charge on any atom is 0.264 e. The number of carbonyl (C=O) groups excluding carboxylic acids is 1. The molecule has 0 spiro atoms. The van der Waals surface area contributed by atoms with E-state index in [-0.39, 0.29) is 16.7 Å². The van der Waals surface area contributed by atoms with E-state index in [1.807, 2.05) is 31.2 Å². The van der Waals surface area contributed by atoms with Gasteiger partial charge in [-0.15, -0.1) is 0 Å². The molecule has 9 nitrogen and oxygen atoms in total. The second kappa shape index (κ2) is 9.20. The van der Waals surface area contributed by atoms with Gasteiger partial charge in [-0.1, -0.05) is 30.3 Å². The number of nitrogens with one attached hydrogen (secondary N) is 1. The second-order valence-corrected chi connectivity index (χ2v) is 9.08. The lowest BCUT2D eigenvalue weighted by Crippen LogP contribution is -2.15. The highest BCUT2D eigenvalue weighted by Gasteiger charge is 2.18. The number of aryl methyl sites for hydroxylation is 1. The van der Waals surface area contributed by atoms with Gasteiger partial charge >= 0.3 is 0 Å². The smallest absolute Gasteiger partial charge is 0.264 e. The molecule has 172 valence electrons. The van der Waals surface area contributed by atoms with Crippen LogP contribution in [0.25, 0.3) is 11.3 Å². The standard InChI is InChI=1S/C24H21N5O4S/c1-15-5-2-3-8-20(15)21-14-22(33-18-11-9-16(10-12-18)23(26)30)28-24(27-21)29-34(31,32)19-7-4-6-17(25)13-19/h2-14H,25H2,1H3,(H2,26,30)(H,27,28,29). The molecular weight excluding hydrogens is 454 g/mol. The number of hydrogen-bond donors (Lipinski definition) is 3. The van der Waals surface area contributed by atoms with Crippen molar-refractivity contribution in [2.45, 2.75) is 11.8 Å². The second-order valence-electron chi connectivity index (χ2n) is 7.40. The first-order valence-corrected chi connectivity index (χ1v) is 11.6. The number of amides is 1. The molecule has 4 rings (SSSR count). The first-order chi connectivity index (χ1) is 16.2. The van der Waals surface area contributed by atoms with Gasteiger partial charge in [0.25, 0.3) is 10.0 Å². The molecule has 0 saturated carbocycles. The third-order valence-corrected chi connectivity index (χ3v) is 6.20. The first-order valence-electron chi connectivity index (χ1n) is 10.1. The molecule has 1 heterocycles. The van der Waals surface area contributed by atoms with Gasteiger partial charge in [0.1, 0.15) is 5.75 Å². The summed E-state index contributed by atoms with van der Waals surface area (Å²) in [5.41, 5.74) is 13.8. The number of rotatable bonds is 7. The summed E-state index contributed by atoms with van der Waals surface area (Å²) in [7, 11) is -4.01. The fourth-order valence-corrected chi connectivity index (χ4v) is 4.19. The van der Waals surface area contributed by atoms with Crippen LogP contribution in [0.3, 0.4) is 0 Å². The third-order valence-electron chi connectivity index (χ3n) is 4.88. The summed E-state index contributed by atoms with van der Waals surface area (Å²) in [4.78, 5) is 19.9. The number of nitrogens with zero attached hydrogens (tertiary/aromatic N) is 2. The van der Waals surface area contributed by atoms with E-state index in [1.54, 1.807) is 30.3 Å². The van der Waals surface area contributed by atoms with E-state index >= 15 is 0 Å². The fraction of sp³-hybridized carbons (Fsp3) is 0.0417. The first kappa shape index (κ1) is 22.7. The molecule has 34 heavy (non-hydrogen) atoms. The fourth-order valence-electron chi connectivity index (χ4n) is 3.19. The van der Waals surface area contributed by atoms with Crippen molar-refractivity contribution >= 4 is 27.6 Å². The lowest BCUT2D eigenvalue weighted by Gasteiger charge is -2.12. The van der Waals surface area contributed by atoms with Crippen molar-refractivity contribution < 1.29 is 17.9 Å².